The van der Waals surface area contributed by atoms with E-state index in [-0.39, 0.29) is 19.4 Å². The summed E-state index contributed by atoms with van der Waals surface area (Å²) >= 11 is 0. The van der Waals surface area contributed by atoms with Crippen LogP contribution in [0.15, 0.2) is 24.3 Å². The molecule has 0 radical (unpaired) electrons. The molecule has 8 heteroatoms. The van der Waals surface area contributed by atoms with Crippen LogP contribution in [0.1, 0.15) is 30.9 Å². The van der Waals surface area contributed by atoms with Gasteiger partial charge in [-0.15, -0.1) is 0 Å². The summed E-state index contributed by atoms with van der Waals surface area (Å²) in [5.74, 6) is -1.96. The standard InChI is InChI=1S/C17H21N3O5/c1-11-5-7-12(8-6-11)17(2)15(24)20(16(25)19-17)10-13(21)18-9-3-4-14(22)23/h5-8H,3-4,9-10H2,1-2H3,(H,18,21)(H,19,25)(H,22,23). The van der Waals surface area contributed by atoms with Crippen molar-refractivity contribution < 1.29 is 24.3 Å². The highest BCUT2D eigenvalue weighted by Gasteiger charge is 2.49. The number of nitrogens with zero attached hydrogens (tertiary/aromatic N) is 1. The van der Waals surface area contributed by atoms with Crippen molar-refractivity contribution in [2.45, 2.75) is 32.2 Å². The van der Waals surface area contributed by atoms with Crippen molar-refractivity contribution in [1.82, 2.24) is 15.5 Å². The van der Waals surface area contributed by atoms with Crippen LogP contribution in [0.4, 0.5) is 4.79 Å². The maximum absolute atomic E-state index is 12.7. The number of aryl methyl sites for hydroxylation is 1. The fourth-order valence-electron chi connectivity index (χ4n) is 2.59. The monoisotopic (exact) mass is 347 g/mol. The maximum atomic E-state index is 12.7. The molecule has 3 N–H and O–H groups in total. The lowest BCUT2D eigenvalue weighted by Crippen LogP contribution is -2.43. The Morgan fingerprint density at radius 1 is 1.24 bits per heavy atom. The molecule has 1 aliphatic rings. The van der Waals surface area contributed by atoms with Crippen LogP contribution in [-0.2, 0) is 19.9 Å². The van der Waals surface area contributed by atoms with Crippen LogP contribution in [0.25, 0.3) is 0 Å². The number of carboxylic acids is 1. The average molecular weight is 347 g/mol. The van der Waals surface area contributed by atoms with Gasteiger partial charge < -0.3 is 15.7 Å². The van der Waals surface area contributed by atoms with Crippen molar-refractivity contribution >= 4 is 23.8 Å². The Kier molecular flexibility index (Phi) is 5.41. The number of imide groups is 1. The first-order chi connectivity index (χ1) is 11.7. The third-order valence-electron chi connectivity index (χ3n) is 4.10. The molecular formula is C17H21N3O5. The van der Waals surface area contributed by atoms with Gasteiger partial charge in [-0.2, -0.15) is 0 Å². The lowest BCUT2D eigenvalue weighted by atomic mass is 9.91. The molecule has 8 nitrogen and oxygen atoms in total. The number of hydrogen-bond acceptors (Lipinski definition) is 4. The van der Waals surface area contributed by atoms with Crippen LogP contribution >= 0.6 is 0 Å². The molecule has 25 heavy (non-hydrogen) atoms. The number of carbonyl (C=O) groups is 4. The number of benzene rings is 1. The summed E-state index contributed by atoms with van der Waals surface area (Å²) in [6.45, 7) is 3.29. The first kappa shape index (κ1) is 18.4. The van der Waals surface area contributed by atoms with E-state index in [1.807, 2.05) is 19.1 Å². The zero-order valence-corrected chi connectivity index (χ0v) is 14.2. The van der Waals surface area contributed by atoms with Crippen LogP contribution < -0.4 is 10.6 Å². The number of aliphatic carboxylic acids is 1. The Hall–Kier alpha value is -2.90. The van der Waals surface area contributed by atoms with Crippen LogP contribution in [0.2, 0.25) is 0 Å². The number of carboxylic acid groups (broad SMARTS) is 1. The van der Waals surface area contributed by atoms with E-state index in [9.17, 15) is 19.2 Å². The summed E-state index contributed by atoms with van der Waals surface area (Å²) in [4.78, 5) is 48.0. The molecule has 1 saturated heterocycles. The summed E-state index contributed by atoms with van der Waals surface area (Å²) in [6.07, 6.45) is 0.219. The van der Waals surface area contributed by atoms with E-state index in [1.165, 1.54) is 0 Å². The van der Waals surface area contributed by atoms with Gasteiger partial charge in [0.1, 0.15) is 12.1 Å². The van der Waals surface area contributed by atoms with Gasteiger partial charge in [0.2, 0.25) is 5.91 Å². The molecule has 0 aromatic heterocycles. The van der Waals surface area contributed by atoms with E-state index in [4.69, 9.17) is 5.11 Å². The van der Waals surface area contributed by atoms with Crippen molar-refractivity contribution in [3.63, 3.8) is 0 Å². The third kappa shape index (κ3) is 4.14. The van der Waals surface area contributed by atoms with Gasteiger partial charge in [-0.3, -0.25) is 19.3 Å². The predicted octanol–water partition coefficient (Wildman–Crippen LogP) is 0.743. The lowest BCUT2D eigenvalue weighted by Gasteiger charge is -2.22. The van der Waals surface area contributed by atoms with Gasteiger partial charge in [-0.1, -0.05) is 29.8 Å². The molecule has 1 aliphatic heterocycles. The highest BCUT2D eigenvalue weighted by molar-refractivity contribution is 6.09. The molecule has 2 rings (SSSR count). The quantitative estimate of drug-likeness (QED) is 0.497. The molecule has 0 bridgehead atoms. The van der Waals surface area contributed by atoms with E-state index >= 15 is 0 Å². The van der Waals surface area contributed by atoms with Crippen molar-refractivity contribution in [3.8, 4) is 0 Å². The first-order valence-electron chi connectivity index (χ1n) is 7.94. The second-order valence-electron chi connectivity index (χ2n) is 6.16. The zero-order chi connectivity index (χ0) is 18.6. The minimum absolute atomic E-state index is 0.0606. The van der Waals surface area contributed by atoms with Crippen molar-refractivity contribution in [2.24, 2.45) is 0 Å². The van der Waals surface area contributed by atoms with Gasteiger partial charge in [0.05, 0.1) is 0 Å². The number of rotatable bonds is 7. The number of amides is 4. The molecule has 1 unspecified atom stereocenters. The molecule has 4 amide bonds. The molecule has 1 atom stereocenters. The predicted molar refractivity (Wildman–Crippen MR) is 88.7 cm³/mol. The Morgan fingerprint density at radius 3 is 2.48 bits per heavy atom. The van der Waals surface area contributed by atoms with Crippen LogP contribution in [0, 0.1) is 6.92 Å². The van der Waals surface area contributed by atoms with E-state index in [0.717, 1.165) is 10.5 Å². The van der Waals surface area contributed by atoms with Gasteiger partial charge in [0.15, 0.2) is 0 Å². The molecule has 1 aromatic carbocycles. The number of carbonyl (C=O) groups excluding carboxylic acids is 3. The average Bonchev–Trinajstić information content (AvgIpc) is 2.76. The minimum Gasteiger partial charge on any atom is -0.481 e. The van der Waals surface area contributed by atoms with Crippen molar-refractivity contribution in [3.05, 3.63) is 35.4 Å². The highest BCUT2D eigenvalue weighted by atomic mass is 16.4. The summed E-state index contributed by atoms with van der Waals surface area (Å²) in [6, 6.07) is 6.59. The largest absolute Gasteiger partial charge is 0.481 e. The van der Waals surface area contributed by atoms with Gasteiger partial charge in [-0.05, 0) is 25.8 Å². The van der Waals surface area contributed by atoms with Crippen molar-refractivity contribution in [1.29, 1.82) is 0 Å². The molecule has 0 spiro atoms. The van der Waals surface area contributed by atoms with E-state index in [0.29, 0.717) is 5.56 Å². The summed E-state index contributed by atoms with van der Waals surface area (Å²) in [5.41, 5.74) is 0.455. The van der Waals surface area contributed by atoms with Gasteiger partial charge in [0, 0.05) is 13.0 Å². The van der Waals surface area contributed by atoms with E-state index in [1.54, 1.807) is 19.1 Å². The summed E-state index contributed by atoms with van der Waals surface area (Å²) in [7, 11) is 0. The maximum Gasteiger partial charge on any atom is 0.325 e. The lowest BCUT2D eigenvalue weighted by molar-refractivity contribution is -0.137. The van der Waals surface area contributed by atoms with Crippen LogP contribution in [0.3, 0.4) is 0 Å². The van der Waals surface area contributed by atoms with Crippen LogP contribution in [0.5, 0.6) is 0 Å². The third-order valence-corrected chi connectivity index (χ3v) is 4.10. The molecule has 0 aliphatic carbocycles. The molecule has 134 valence electrons. The topological polar surface area (TPSA) is 116 Å². The van der Waals surface area contributed by atoms with E-state index in [2.05, 4.69) is 10.6 Å². The van der Waals surface area contributed by atoms with Gasteiger partial charge in [-0.25, -0.2) is 4.79 Å². The molecule has 1 aromatic rings. The second kappa shape index (κ2) is 7.33. The fraction of sp³-hybridized carbons (Fsp3) is 0.412. The molecule has 0 saturated carbocycles. The Balaban J connectivity index is 1.99. The Morgan fingerprint density at radius 2 is 1.88 bits per heavy atom. The highest BCUT2D eigenvalue weighted by Crippen LogP contribution is 2.28. The normalized spacial score (nSPS) is 19.7. The summed E-state index contributed by atoms with van der Waals surface area (Å²) < 4.78 is 0. The Labute approximate surface area is 145 Å². The summed E-state index contributed by atoms with van der Waals surface area (Å²) in [5, 5.41) is 13.7. The van der Waals surface area contributed by atoms with Crippen LogP contribution in [-0.4, -0.2) is 46.9 Å². The number of nitrogens with one attached hydrogen (secondary N) is 2. The SMILES string of the molecule is Cc1ccc(C2(C)NC(=O)N(CC(=O)NCCCC(=O)O)C2=O)cc1. The molecular weight excluding hydrogens is 326 g/mol. The molecule has 1 fully saturated rings. The smallest absolute Gasteiger partial charge is 0.325 e. The second-order valence-corrected chi connectivity index (χ2v) is 6.16. The van der Waals surface area contributed by atoms with E-state index < -0.39 is 35.9 Å². The van der Waals surface area contributed by atoms with Gasteiger partial charge in [0.25, 0.3) is 5.91 Å². The molecule has 1 heterocycles. The number of hydrogen-bond donors (Lipinski definition) is 3. The Bertz CT molecular complexity index is 701. The number of urea groups is 1. The minimum atomic E-state index is -1.21. The zero-order valence-electron chi connectivity index (χ0n) is 14.2. The first-order valence-corrected chi connectivity index (χ1v) is 7.94. The van der Waals surface area contributed by atoms with Crippen molar-refractivity contribution in [2.75, 3.05) is 13.1 Å². The van der Waals surface area contributed by atoms with Gasteiger partial charge >= 0.3 is 12.0 Å². The fourth-order valence-corrected chi connectivity index (χ4v) is 2.59.